The maximum Gasteiger partial charge on any atom is 0.240 e. The molecule has 4 aromatic carbocycles. The molecule has 0 spiro atoms. The van der Waals surface area contributed by atoms with Crippen molar-refractivity contribution >= 4 is 17.5 Å². The molecule has 0 aliphatic carbocycles. The number of nitrogens with one attached hydrogen (secondary N) is 2. The van der Waals surface area contributed by atoms with Crippen molar-refractivity contribution in [3.05, 3.63) is 148 Å². The van der Waals surface area contributed by atoms with E-state index in [2.05, 4.69) is 39.8 Å². The minimum atomic E-state index is -1.04. The van der Waals surface area contributed by atoms with E-state index < -0.39 is 18.1 Å². The maximum atomic E-state index is 14.3. The number of H-pyrrole nitrogens is 1. The SMILES string of the molecule is O=C(NC(Cc1ccccc1)Cc1ccccc1)[C@@H]1[C@H](O)[C@@H](c2cccc(F)c2)CN1Cc1cn[nH]c1-c1ccc(Cl)cc1. The van der Waals surface area contributed by atoms with Gasteiger partial charge in [0.25, 0.3) is 0 Å². The Labute approximate surface area is 261 Å². The first-order chi connectivity index (χ1) is 21.4. The van der Waals surface area contributed by atoms with E-state index in [4.69, 9.17) is 11.6 Å². The molecule has 1 aliphatic rings. The molecule has 1 fully saturated rings. The van der Waals surface area contributed by atoms with Crippen LogP contribution in [0.5, 0.6) is 0 Å². The highest BCUT2D eigenvalue weighted by Gasteiger charge is 2.46. The van der Waals surface area contributed by atoms with Crippen LogP contribution in [-0.2, 0) is 24.2 Å². The summed E-state index contributed by atoms with van der Waals surface area (Å²) in [6.07, 6.45) is 1.98. The molecule has 224 valence electrons. The Kier molecular flexibility index (Phi) is 9.17. The highest BCUT2D eigenvalue weighted by molar-refractivity contribution is 6.30. The van der Waals surface area contributed by atoms with E-state index in [9.17, 15) is 14.3 Å². The largest absolute Gasteiger partial charge is 0.390 e. The van der Waals surface area contributed by atoms with E-state index in [0.717, 1.165) is 27.9 Å². The first-order valence-corrected chi connectivity index (χ1v) is 15.2. The second-order valence-electron chi connectivity index (χ2n) is 11.4. The van der Waals surface area contributed by atoms with Gasteiger partial charge in [0.2, 0.25) is 5.91 Å². The molecule has 6 rings (SSSR count). The quantitative estimate of drug-likeness (QED) is 0.177. The smallest absolute Gasteiger partial charge is 0.240 e. The first kappa shape index (κ1) is 29.8. The number of carbonyl (C=O) groups is 1. The molecule has 1 saturated heterocycles. The fourth-order valence-corrected chi connectivity index (χ4v) is 6.33. The van der Waals surface area contributed by atoms with Crippen molar-refractivity contribution in [2.45, 2.75) is 43.5 Å². The van der Waals surface area contributed by atoms with E-state index in [1.807, 2.05) is 65.6 Å². The number of benzene rings is 4. The van der Waals surface area contributed by atoms with Crippen molar-refractivity contribution in [2.24, 2.45) is 0 Å². The standard InChI is InChI=1S/C36H34ClFN4O2/c37-29-16-14-26(15-17-29)33-28(21-39-41-33)22-42-23-32(27-12-7-13-30(38)20-27)35(43)34(42)36(44)40-31(18-24-8-3-1-4-9-24)19-25-10-5-2-6-11-25/h1-17,20-21,31-32,34-35,43H,18-19,22-23H2,(H,39,41)(H,40,44)/t32-,34+,35-/m1/s1. The second kappa shape index (κ2) is 13.6. The minimum Gasteiger partial charge on any atom is -0.390 e. The summed E-state index contributed by atoms with van der Waals surface area (Å²) < 4.78 is 14.3. The molecule has 8 heteroatoms. The Morgan fingerprint density at radius 3 is 2.25 bits per heavy atom. The fraction of sp³-hybridized carbons (Fsp3) is 0.222. The van der Waals surface area contributed by atoms with Gasteiger partial charge in [-0.1, -0.05) is 96.5 Å². The van der Waals surface area contributed by atoms with Crippen molar-refractivity contribution in [3.8, 4) is 11.3 Å². The number of hydrogen-bond donors (Lipinski definition) is 3. The summed E-state index contributed by atoms with van der Waals surface area (Å²) in [6.45, 7) is 0.730. The van der Waals surface area contributed by atoms with Gasteiger partial charge < -0.3 is 10.4 Å². The number of aliphatic hydroxyl groups excluding tert-OH is 1. The van der Waals surface area contributed by atoms with Crippen LogP contribution in [0, 0.1) is 5.82 Å². The lowest BCUT2D eigenvalue weighted by atomic mass is 9.92. The number of aromatic amines is 1. The highest BCUT2D eigenvalue weighted by Crippen LogP contribution is 2.35. The lowest BCUT2D eigenvalue weighted by Crippen LogP contribution is -2.51. The van der Waals surface area contributed by atoms with Crippen LogP contribution in [0.2, 0.25) is 5.02 Å². The molecule has 0 saturated carbocycles. The highest BCUT2D eigenvalue weighted by atomic mass is 35.5. The molecular formula is C36H34ClFN4O2. The van der Waals surface area contributed by atoms with Crippen molar-refractivity contribution in [3.63, 3.8) is 0 Å². The zero-order chi connectivity index (χ0) is 30.5. The van der Waals surface area contributed by atoms with Crippen molar-refractivity contribution in [1.82, 2.24) is 20.4 Å². The van der Waals surface area contributed by atoms with Crippen molar-refractivity contribution in [1.29, 1.82) is 0 Å². The fourth-order valence-electron chi connectivity index (χ4n) is 6.21. The Balaban J connectivity index is 1.29. The molecule has 3 atom stereocenters. The van der Waals surface area contributed by atoms with Crippen LogP contribution >= 0.6 is 11.6 Å². The van der Waals surface area contributed by atoms with E-state index in [1.165, 1.54) is 12.1 Å². The summed E-state index contributed by atoms with van der Waals surface area (Å²) in [6, 6.07) is 32.8. The van der Waals surface area contributed by atoms with Gasteiger partial charge in [0, 0.05) is 35.6 Å². The Hall–Kier alpha value is -4.30. The van der Waals surface area contributed by atoms with Gasteiger partial charge in [-0.3, -0.25) is 14.8 Å². The van der Waals surface area contributed by atoms with Crippen LogP contribution in [0.1, 0.15) is 28.2 Å². The predicted molar refractivity (Wildman–Crippen MR) is 171 cm³/mol. The molecule has 44 heavy (non-hydrogen) atoms. The Bertz CT molecular complexity index is 1640. The van der Waals surface area contributed by atoms with Crippen molar-refractivity contribution in [2.75, 3.05) is 6.54 Å². The summed E-state index contributed by atoms with van der Waals surface area (Å²) in [5.74, 6) is -1.08. The number of amides is 1. The zero-order valence-corrected chi connectivity index (χ0v) is 24.9. The maximum absolute atomic E-state index is 14.3. The third kappa shape index (κ3) is 6.91. The van der Waals surface area contributed by atoms with E-state index in [-0.39, 0.29) is 17.8 Å². The van der Waals surface area contributed by atoms with Gasteiger partial charge in [0.1, 0.15) is 11.9 Å². The molecule has 0 unspecified atom stereocenters. The van der Waals surface area contributed by atoms with Crippen LogP contribution in [0.15, 0.2) is 115 Å². The average molecular weight is 609 g/mol. The van der Waals surface area contributed by atoms with E-state index in [1.54, 1.807) is 18.3 Å². The van der Waals surface area contributed by atoms with Gasteiger partial charge in [-0.05, 0) is 59.4 Å². The molecule has 0 bridgehead atoms. The van der Waals surface area contributed by atoms with E-state index >= 15 is 0 Å². The van der Waals surface area contributed by atoms with Crippen LogP contribution in [-0.4, -0.2) is 50.8 Å². The number of nitrogens with zero attached hydrogens (tertiary/aromatic N) is 2. The molecule has 1 aromatic heterocycles. The molecule has 1 aliphatic heterocycles. The topological polar surface area (TPSA) is 81.2 Å². The molecule has 2 heterocycles. The number of aliphatic hydroxyl groups is 1. The van der Waals surface area contributed by atoms with Crippen LogP contribution < -0.4 is 5.32 Å². The van der Waals surface area contributed by atoms with Crippen LogP contribution in [0.4, 0.5) is 4.39 Å². The Morgan fingerprint density at radius 2 is 1.61 bits per heavy atom. The van der Waals surface area contributed by atoms with Gasteiger partial charge in [-0.2, -0.15) is 5.10 Å². The number of rotatable bonds is 10. The molecule has 6 nitrogen and oxygen atoms in total. The molecule has 5 aromatic rings. The number of halogens is 2. The summed E-state index contributed by atoms with van der Waals surface area (Å²) in [4.78, 5) is 16.2. The van der Waals surface area contributed by atoms with Gasteiger partial charge in [-0.15, -0.1) is 0 Å². The first-order valence-electron chi connectivity index (χ1n) is 14.8. The van der Waals surface area contributed by atoms with Gasteiger partial charge in [0.15, 0.2) is 0 Å². The second-order valence-corrected chi connectivity index (χ2v) is 11.8. The average Bonchev–Trinajstić information content (AvgIpc) is 3.62. The predicted octanol–water partition coefficient (Wildman–Crippen LogP) is 6.17. The lowest BCUT2D eigenvalue weighted by Gasteiger charge is -2.28. The van der Waals surface area contributed by atoms with Crippen LogP contribution in [0.25, 0.3) is 11.3 Å². The summed E-state index contributed by atoms with van der Waals surface area (Å²) >= 11 is 6.12. The molecular weight excluding hydrogens is 575 g/mol. The minimum absolute atomic E-state index is 0.201. The van der Waals surface area contributed by atoms with Crippen LogP contribution in [0.3, 0.4) is 0 Å². The van der Waals surface area contributed by atoms with Gasteiger partial charge in [0.05, 0.1) is 18.0 Å². The number of aromatic nitrogens is 2. The molecule has 1 amide bonds. The van der Waals surface area contributed by atoms with E-state index in [0.29, 0.717) is 36.5 Å². The molecule has 0 radical (unpaired) electrons. The summed E-state index contributed by atoms with van der Waals surface area (Å²) in [5.41, 5.74) is 5.49. The Morgan fingerprint density at radius 1 is 0.955 bits per heavy atom. The lowest BCUT2D eigenvalue weighted by molar-refractivity contribution is -0.129. The number of likely N-dealkylation sites (tertiary alicyclic amines) is 1. The third-order valence-corrected chi connectivity index (χ3v) is 8.58. The normalized spacial score (nSPS) is 18.5. The van der Waals surface area contributed by atoms with Gasteiger partial charge >= 0.3 is 0 Å². The zero-order valence-electron chi connectivity index (χ0n) is 24.1. The summed E-state index contributed by atoms with van der Waals surface area (Å²) in [5, 5.41) is 23.0. The number of hydrogen-bond acceptors (Lipinski definition) is 4. The third-order valence-electron chi connectivity index (χ3n) is 8.33. The van der Waals surface area contributed by atoms with Crippen molar-refractivity contribution < 1.29 is 14.3 Å². The van der Waals surface area contributed by atoms with Gasteiger partial charge in [-0.25, -0.2) is 4.39 Å². The summed E-state index contributed by atoms with van der Waals surface area (Å²) in [7, 11) is 0. The monoisotopic (exact) mass is 608 g/mol. The molecule has 3 N–H and O–H groups in total. The number of carbonyl (C=O) groups excluding carboxylic acids is 1.